The molecule has 1 amide bonds. The predicted octanol–water partition coefficient (Wildman–Crippen LogP) is 1.28. The topological polar surface area (TPSA) is 84.5 Å². The summed E-state index contributed by atoms with van der Waals surface area (Å²) < 4.78 is 30.5. The number of nitrogens with one attached hydrogen (secondary N) is 2. The molecule has 1 saturated heterocycles. The van der Waals surface area contributed by atoms with Crippen molar-refractivity contribution in [3.63, 3.8) is 0 Å². The molecule has 0 radical (unpaired) electrons. The fraction of sp³-hybridized carbons (Fsp3) is 0.500. The van der Waals surface area contributed by atoms with E-state index < -0.39 is 10.0 Å². The van der Waals surface area contributed by atoms with Crippen molar-refractivity contribution in [2.75, 3.05) is 24.1 Å². The first-order chi connectivity index (χ1) is 9.87. The Kier molecular flexibility index (Phi) is 4.84. The smallest absolute Gasteiger partial charge is 0.251 e. The monoisotopic (exact) mass is 312 g/mol. The second kappa shape index (κ2) is 6.44. The Hall–Kier alpha value is -1.60. The highest BCUT2D eigenvalue weighted by Gasteiger charge is 2.18. The van der Waals surface area contributed by atoms with E-state index in [2.05, 4.69) is 10.0 Å². The van der Waals surface area contributed by atoms with E-state index in [0.29, 0.717) is 23.4 Å². The van der Waals surface area contributed by atoms with Gasteiger partial charge < -0.3 is 10.1 Å². The van der Waals surface area contributed by atoms with Crippen LogP contribution in [0.5, 0.6) is 0 Å². The second-order valence-corrected chi connectivity index (χ2v) is 6.95. The number of sulfonamides is 1. The molecule has 0 aromatic heterocycles. The van der Waals surface area contributed by atoms with Gasteiger partial charge in [0.25, 0.3) is 5.91 Å². The number of amides is 1. The number of anilines is 1. The van der Waals surface area contributed by atoms with Crippen molar-refractivity contribution < 1.29 is 17.9 Å². The van der Waals surface area contributed by atoms with E-state index >= 15 is 0 Å². The lowest BCUT2D eigenvalue weighted by molar-refractivity contribution is 0.0857. The molecular formula is C14H20N2O4S. The number of hydrogen-bond donors (Lipinski definition) is 2. The highest BCUT2D eigenvalue weighted by Crippen LogP contribution is 2.20. The Morgan fingerprint density at radius 2 is 2.19 bits per heavy atom. The molecule has 21 heavy (non-hydrogen) atoms. The highest BCUT2D eigenvalue weighted by atomic mass is 32.2. The van der Waals surface area contributed by atoms with E-state index in [0.717, 1.165) is 25.7 Å². The molecule has 1 fully saturated rings. The van der Waals surface area contributed by atoms with Crippen LogP contribution in [0.2, 0.25) is 0 Å². The predicted molar refractivity (Wildman–Crippen MR) is 81.0 cm³/mol. The zero-order valence-electron chi connectivity index (χ0n) is 12.2. The molecule has 1 aromatic rings. The van der Waals surface area contributed by atoms with Crippen LogP contribution in [-0.2, 0) is 14.8 Å². The summed E-state index contributed by atoms with van der Waals surface area (Å²) in [6.45, 7) is 2.93. The van der Waals surface area contributed by atoms with Crippen LogP contribution < -0.4 is 10.0 Å². The van der Waals surface area contributed by atoms with Gasteiger partial charge in [0.05, 0.1) is 18.0 Å². The van der Waals surface area contributed by atoms with Crippen LogP contribution in [0.4, 0.5) is 5.69 Å². The zero-order chi connectivity index (χ0) is 15.5. The van der Waals surface area contributed by atoms with Crippen molar-refractivity contribution in [1.29, 1.82) is 0 Å². The van der Waals surface area contributed by atoms with Crippen LogP contribution in [0, 0.1) is 6.92 Å². The van der Waals surface area contributed by atoms with E-state index in [4.69, 9.17) is 4.74 Å². The minimum absolute atomic E-state index is 0.0755. The van der Waals surface area contributed by atoms with Crippen LogP contribution in [0.3, 0.4) is 0 Å². The summed E-state index contributed by atoms with van der Waals surface area (Å²) in [7, 11) is -3.37. The first-order valence-electron chi connectivity index (χ1n) is 6.84. The van der Waals surface area contributed by atoms with Crippen molar-refractivity contribution in [3.8, 4) is 0 Å². The third-order valence-electron chi connectivity index (χ3n) is 3.39. The van der Waals surface area contributed by atoms with Crippen molar-refractivity contribution >= 4 is 21.6 Å². The molecular weight excluding hydrogens is 292 g/mol. The van der Waals surface area contributed by atoms with Gasteiger partial charge in [0.2, 0.25) is 10.0 Å². The number of carbonyl (C=O) groups excluding carboxylic acids is 1. The largest absolute Gasteiger partial charge is 0.376 e. The van der Waals surface area contributed by atoms with Crippen LogP contribution in [0.25, 0.3) is 0 Å². The third kappa shape index (κ3) is 4.44. The van der Waals surface area contributed by atoms with E-state index in [-0.39, 0.29) is 12.0 Å². The van der Waals surface area contributed by atoms with Gasteiger partial charge in [-0.3, -0.25) is 9.52 Å². The molecule has 0 saturated carbocycles. The Bertz CT molecular complexity index is 622. The van der Waals surface area contributed by atoms with Gasteiger partial charge in [-0.1, -0.05) is 6.07 Å². The van der Waals surface area contributed by atoms with Crippen molar-refractivity contribution in [2.45, 2.75) is 25.9 Å². The lowest BCUT2D eigenvalue weighted by Crippen LogP contribution is -2.32. The molecule has 1 unspecified atom stereocenters. The molecule has 2 rings (SSSR count). The van der Waals surface area contributed by atoms with E-state index in [9.17, 15) is 13.2 Å². The Morgan fingerprint density at radius 1 is 1.43 bits per heavy atom. The Labute approximate surface area is 124 Å². The van der Waals surface area contributed by atoms with Gasteiger partial charge in [-0.25, -0.2) is 8.42 Å². The van der Waals surface area contributed by atoms with Crippen LogP contribution >= 0.6 is 0 Å². The highest BCUT2D eigenvalue weighted by molar-refractivity contribution is 7.92. The molecule has 7 heteroatoms. The van der Waals surface area contributed by atoms with Gasteiger partial charge >= 0.3 is 0 Å². The van der Waals surface area contributed by atoms with Crippen LogP contribution in [0.15, 0.2) is 18.2 Å². The normalized spacial score (nSPS) is 18.5. The van der Waals surface area contributed by atoms with E-state index in [1.807, 2.05) is 0 Å². The molecule has 2 N–H and O–H groups in total. The fourth-order valence-electron chi connectivity index (χ4n) is 2.30. The molecule has 1 aliphatic heterocycles. The summed E-state index contributed by atoms with van der Waals surface area (Å²) >= 11 is 0. The fourth-order valence-corrected chi connectivity index (χ4v) is 2.92. The maximum Gasteiger partial charge on any atom is 0.251 e. The maximum absolute atomic E-state index is 12.2. The zero-order valence-corrected chi connectivity index (χ0v) is 13.0. The number of ether oxygens (including phenoxy) is 1. The van der Waals surface area contributed by atoms with Crippen molar-refractivity contribution in [1.82, 2.24) is 5.32 Å². The average Bonchev–Trinajstić information content (AvgIpc) is 2.90. The van der Waals surface area contributed by atoms with Crippen molar-refractivity contribution in [2.24, 2.45) is 0 Å². The SMILES string of the molecule is Cc1c(NS(C)(=O)=O)cccc1C(=O)NCC1CCCO1. The lowest BCUT2D eigenvalue weighted by atomic mass is 10.1. The number of benzene rings is 1. The summed E-state index contributed by atoms with van der Waals surface area (Å²) in [4.78, 5) is 12.2. The molecule has 1 atom stereocenters. The Morgan fingerprint density at radius 3 is 2.81 bits per heavy atom. The first kappa shape index (κ1) is 15.8. The molecule has 1 aliphatic rings. The molecule has 1 heterocycles. The third-order valence-corrected chi connectivity index (χ3v) is 3.98. The first-order valence-corrected chi connectivity index (χ1v) is 8.73. The number of rotatable bonds is 5. The van der Waals surface area contributed by atoms with Crippen molar-refractivity contribution in [3.05, 3.63) is 29.3 Å². The quantitative estimate of drug-likeness (QED) is 0.857. The summed E-state index contributed by atoms with van der Waals surface area (Å²) in [5, 5.41) is 2.83. The van der Waals surface area contributed by atoms with Gasteiger partial charge in [-0.15, -0.1) is 0 Å². The van der Waals surface area contributed by atoms with Gasteiger partial charge in [0.15, 0.2) is 0 Å². The minimum Gasteiger partial charge on any atom is -0.376 e. The minimum atomic E-state index is -3.37. The summed E-state index contributed by atoms with van der Waals surface area (Å²) in [6.07, 6.45) is 3.13. The Balaban J connectivity index is 2.08. The molecule has 0 bridgehead atoms. The van der Waals surface area contributed by atoms with Gasteiger partial charge in [0.1, 0.15) is 0 Å². The molecule has 6 nitrogen and oxygen atoms in total. The summed E-state index contributed by atoms with van der Waals surface area (Å²) in [5.74, 6) is -0.222. The average molecular weight is 312 g/mol. The summed E-state index contributed by atoms with van der Waals surface area (Å²) in [6, 6.07) is 4.96. The second-order valence-electron chi connectivity index (χ2n) is 5.20. The maximum atomic E-state index is 12.2. The molecule has 0 aliphatic carbocycles. The number of carbonyl (C=O) groups is 1. The van der Waals surface area contributed by atoms with Gasteiger partial charge in [-0.05, 0) is 37.5 Å². The van der Waals surface area contributed by atoms with E-state index in [1.165, 1.54) is 0 Å². The van der Waals surface area contributed by atoms with Crippen LogP contribution in [0.1, 0.15) is 28.8 Å². The molecule has 0 spiro atoms. The molecule has 116 valence electrons. The number of hydrogen-bond acceptors (Lipinski definition) is 4. The van der Waals surface area contributed by atoms with Gasteiger partial charge in [0, 0.05) is 18.7 Å². The lowest BCUT2D eigenvalue weighted by Gasteiger charge is -2.14. The van der Waals surface area contributed by atoms with Gasteiger partial charge in [-0.2, -0.15) is 0 Å². The van der Waals surface area contributed by atoms with Crippen LogP contribution in [-0.4, -0.2) is 39.8 Å². The molecule has 1 aromatic carbocycles. The standard InChI is InChI=1S/C14H20N2O4S/c1-10-12(6-3-7-13(10)16-21(2,18)19)14(17)15-9-11-5-4-8-20-11/h3,6-7,11,16H,4-5,8-9H2,1-2H3,(H,15,17). The van der Waals surface area contributed by atoms with E-state index in [1.54, 1.807) is 25.1 Å². The summed E-state index contributed by atoms with van der Waals surface area (Å²) in [5.41, 5.74) is 1.48.